The zero-order chi connectivity index (χ0) is 21.3. The molecule has 1 aliphatic carbocycles. The number of esters is 1. The number of nitrogens with one attached hydrogen (secondary N) is 2. The maximum atomic E-state index is 13.4. The molecule has 1 atom stereocenters. The van der Waals surface area contributed by atoms with Crippen LogP contribution in [0.4, 0.5) is 4.39 Å². The number of ether oxygens (including phenoxy) is 1. The number of hydrogen-bond donors (Lipinski definition) is 2. The van der Waals surface area contributed by atoms with Gasteiger partial charge in [0.1, 0.15) is 17.7 Å². The molecule has 2 N–H and O–H groups in total. The largest absolute Gasteiger partial charge is 0.464 e. The number of halogens is 1. The number of aromatic nitrogens is 2. The fourth-order valence-electron chi connectivity index (χ4n) is 3.78. The molecule has 1 unspecified atom stereocenters. The average molecular weight is 407 g/mol. The van der Waals surface area contributed by atoms with Gasteiger partial charge in [0, 0.05) is 18.4 Å². The number of aromatic amines is 1. The topological polar surface area (TPSA) is 84.1 Å². The highest BCUT2D eigenvalue weighted by Crippen LogP contribution is 2.32. The van der Waals surface area contributed by atoms with E-state index in [0.29, 0.717) is 28.9 Å². The smallest absolute Gasteiger partial charge is 0.329 e. The number of H-pyrrole nitrogens is 1. The number of carbonyl (C=O) groups is 2. The summed E-state index contributed by atoms with van der Waals surface area (Å²) in [5.41, 5.74) is 4.80. The van der Waals surface area contributed by atoms with Gasteiger partial charge in [0.25, 0.3) is 0 Å². The molecule has 1 aromatic heterocycles. The molecule has 1 aliphatic rings. The average Bonchev–Trinajstić information content (AvgIpc) is 3.28. The Morgan fingerprint density at radius 2 is 2.07 bits per heavy atom. The third kappa shape index (κ3) is 3.83. The lowest BCUT2D eigenvalue weighted by molar-refractivity contribution is -0.147. The van der Waals surface area contributed by atoms with Crippen LogP contribution in [0.5, 0.6) is 0 Å². The number of amides is 1. The van der Waals surface area contributed by atoms with E-state index in [4.69, 9.17) is 4.74 Å². The first-order valence-corrected chi connectivity index (χ1v) is 9.86. The van der Waals surface area contributed by atoms with Crippen LogP contribution >= 0.6 is 0 Å². The maximum Gasteiger partial charge on any atom is 0.329 e. The first-order valence-electron chi connectivity index (χ1n) is 9.86. The van der Waals surface area contributed by atoms with Gasteiger partial charge in [-0.1, -0.05) is 24.3 Å². The number of carbonyl (C=O) groups excluding carboxylic acids is 2. The molecule has 0 saturated heterocycles. The summed E-state index contributed by atoms with van der Waals surface area (Å²) in [6.07, 6.45) is 0.632. The summed E-state index contributed by atoms with van der Waals surface area (Å²) >= 11 is 0. The van der Waals surface area contributed by atoms with E-state index in [1.807, 2.05) is 31.2 Å². The highest BCUT2D eigenvalue weighted by molar-refractivity contribution is 6.05. The van der Waals surface area contributed by atoms with Gasteiger partial charge in [-0.05, 0) is 48.7 Å². The van der Waals surface area contributed by atoms with E-state index >= 15 is 0 Å². The number of allylic oxidation sites excluding steroid dienone is 1. The Morgan fingerprint density at radius 3 is 2.83 bits per heavy atom. The highest BCUT2D eigenvalue weighted by Gasteiger charge is 2.29. The van der Waals surface area contributed by atoms with Crippen LogP contribution in [0.1, 0.15) is 30.8 Å². The second-order valence-corrected chi connectivity index (χ2v) is 7.26. The molecule has 4 rings (SSSR count). The Balaban J connectivity index is 1.56. The van der Waals surface area contributed by atoms with Crippen LogP contribution in [-0.2, 0) is 27.2 Å². The van der Waals surface area contributed by atoms with E-state index in [0.717, 1.165) is 16.7 Å². The Hall–Kier alpha value is -3.48. The summed E-state index contributed by atoms with van der Waals surface area (Å²) in [7, 11) is 0. The van der Waals surface area contributed by atoms with E-state index in [1.165, 1.54) is 12.1 Å². The summed E-state index contributed by atoms with van der Waals surface area (Å²) in [4.78, 5) is 32.9. The molecular weight excluding hydrogens is 385 g/mol. The van der Waals surface area contributed by atoms with E-state index in [1.54, 1.807) is 13.0 Å². The molecule has 0 radical (unpaired) electrons. The number of rotatable bonds is 6. The lowest BCUT2D eigenvalue weighted by Gasteiger charge is -2.17. The second-order valence-electron chi connectivity index (χ2n) is 7.26. The van der Waals surface area contributed by atoms with Crippen LogP contribution in [0.15, 0.2) is 48.0 Å². The van der Waals surface area contributed by atoms with Gasteiger partial charge in [-0.3, -0.25) is 4.79 Å². The van der Waals surface area contributed by atoms with Crippen LogP contribution in [0.2, 0.25) is 0 Å². The minimum atomic E-state index is -0.910. The number of hydrogen-bond acceptors (Lipinski definition) is 4. The third-order valence-electron chi connectivity index (χ3n) is 5.28. The molecular formula is C23H22FN3O3. The van der Waals surface area contributed by atoms with Crippen molar-refractivity contribution in [3.63, 3.8) is 0 Å². The standard InChI is InChI=1S/C23H22FN3O3/c1-3-30-23(29)20(12-21-25-18-9-8-15(24)11-19(18)26-21)27-22(28)17-10-14-6-4-5-7-16(14)13(17)2/h4-9,11,20H,3,10,12H2,1-2H3,(H,25,26)(H,27,28). The lowest BCUT2D eigenvalue weighted by atomic mass is 10.1. The minimum Gasteiger partial charge on any atom is -0.464 e. The zero-order valence-corrected chi connectivity index (χ0v) is 16.8. The van der Waals surface area contributed by atoms with E-state index in [9.17, 15) is 14.0 Å². The summed E-state index contributed by atoms with van der Waals surface area (Å²) in [5.74, 6) is -0.749. The minimum absolute atomic E-state index is 0.111. The maximum absolute atomic E-state index is 13.4. The zero-order valence-electron chi connectivity index (χ0n) is 16.8. The van der Waals surface area contributed by atoms with Gasteiger partial charge in [-0.2, -0.15) is 0 Å². The van der Waals surface area contributed by atoms with Crippen molar-refractivity contribution in [2.24, 2.45) is 0 Å². The van der Waals surface area contributed by atoms with Gasteiger partial charge in [0.2, 0.25) is 5.91 Å². The molecule has 0 fully saturated rings. The molecule has 6 nitrogen and oxygen atoms in total. The van der Waals surface area contributed by atoms with Gasteiger partial charge in [0.15, 0.2) is 0 Å². The van der Waals surface area contributed by atoms with Gasteiger partial charge in [0.05, 0.1) is 17.6 Å². The first-order chi connectivity index (χ1) is 14.5. The van der Waals surface area contributed by atoms with Crippen LogP contribution in [-0.4, -0.2) is 34.5 Å². The van der Waals surface area contributed by atoms with Crippen molar-refractivity contribution in [1.29, 1.82) is 0 Å². The number of imidazole rings is 1. The number of nitrogens with zero attached hydrogens (tertiary/aromatic N) is 1. The Morgan fingerprint density at radius 1 is 1.27 bits per heavy atom. The van der Waals surface area contributed by atoms with Crippen LogP contribution in [0.3, 0.4) is 0 Å². The second kappa shape index (κ2) is 8.10. The van der Waals surface area contributed by atoms with Crippen LogP contribution in [0.25, 0.3) is 16.6 Å². The predicted octanol–water partition coefficient (Wildman–Crippen LogP) is 3.32. The van der Waals surface area contributed by atoms with Crippen molar-refractivity contribution in [3.8, 4) is 0 Å². The number of fused-ring (bicyclic) bond motifs is 2. The van der Waals surface area contributed by atoms with Crippen LogP contribution < -0.4 is 5.32 Å². The predicted molar refractivity (Wildman–Crippen MR) is 111 cm³/mol. The molecule has 0 aliphatic heterocycles. The van der Waals surface area contributed by atoms with E-state index < -0.39 is 12.0 Å². The van der Waals surface area contributed by atoms with E-state index in [2.05, 4.69) is 15.3 Å². The molecule has 1 amide bonds. The van der Waals surface area contributed by atoms with E-state index in [-0.39, 0.29) is 24.8 Å². The summed E-state index contributed by atoms with van der Waals surface area (Å²) in [6.45, 7) is 3.82. The normalized spacial score (nSPS) is 14.0. The molecule has 30 heavy (non-hydrogen) atoms. The van der Waals surface area contributed by atoms with Crippen molar-refractivity contribution in [1.82, 2.24) is 15.3 Å². The van der Waals surface area contributed by atoms with Crippen molar-refractivity contribution >= 4 is 28.5 Å². The first kappa shape index (κ1) is 19.8. The Bertz CT molecular complexity index is 1170. The fraction of sp³-hybridized carbons (Fsp3) is 0.261. The summed E-state index contributed by atoms with van der Waals surface area (Å²) < 4.78 is 18.6. The molecule has 1 heterocycles. The molecule has 0 bridgehead atoms. The van der Waals surface area contributed by atoms with Crippen molar-refractivity contribution in [3.05, 3.63) is 70.8 Å². The molecule has 7 heteroatoms. The number of benzene rings is 2. The quantitative estimate of drug-likeness (QED) is 0.614. The molecule has 154 valence electrons. The van der Waals surface area contributed by atoms with Crippen molar-refractivity contribution in [2.45, 2.75) is 32.7 Å². The van der Waals surface area contributed by atoms with Crippen molar-refractivity contribution < 1.29 is 18.7 Å². The third-order valence-corrected chi connectivity index (χ3v) is 5.28. The molecule has 3 aromatic rings. The van der Waals surface area contributed by atoms with Gasteiger partial charge in [-0.15, -0.1) is 0 Å². The highest BCUT2D eigenvalue weighted by atomic mass is 19.1. The fourth-order valence-corrected chi connectivity index (χ4v) is 3.78. The van der Waals surface area contributed by atoms with Crippen LogP contribution in [0, 0.1) is 5.82 Å². The van der Waals surface area contributed by atoms with Crippen molar-refractivity contribution in [2.75, 3.05) is 6.61 Å². The molecule has 0 spiro atoms. The Labute approximate surface area is 173 Å². The molecule has 0 saturated carbocycles. The van der Waals surface area contributed by atoms with Gasteiger partial charge in [-0.25, -0.2) is 14.2 Å². The molecule has 2 aromatic carbocycles. The summed E-state index contributed by atoms with van der Waals surface area (Å²) in [5, 5.41) is 2.81. The monoisotopic (exact) mass is 407 g/mol. The summed E-state index contributed by atoms with van der Waals surface area (Å²) in [6, 6.07) is 11.2. The van der Waals surface area contributed by atoms with Gasteiger partial charge < -0.3 is 15.0 Å². The lowest BCUT2D eigenvalue weighted by Crippen LogP contribution is -2.44. The Kier molecular flexibility index (Phi) is 5.35. The SMILES string of the molecule is CCOC(=O)C(Cc1nc2ccc(F)cc2[nH]1)NC(=O)C1=C(C)c2ccccc2C1. The van der Waals surface area contributed by atoms with Gasteiger partial charge >= 0.3 is 5.97 Å².